The Kier molecular flexibility index (Phi) is 4.18. The van der Waals surface area contributed by atoms with E-state index >= 15 is 0 Å². The second-order valence-electron chi connectivity index (χ2n) is 6.37. The lowest BCUT2D eigenvalue weighted by Crippen LogP contribution is -2.36. The van der Waals surface area contributed by atoms with E-state index in [0.29, 0.717) is 28.8 Å². The molecule has 0 N–H and O–H groups in total. The zero-order valence-corrected chi connectivity index (χ0v) is 14.9. The Morgan fingerprint density at radius 3 is 2.68 bits per heavy atom. The monoisotopic (exact) mass is 374 g/mol. The molecule has 2 amide bonds. The second-order valence-corrected chi connectivity index (χ2v) is 7.21. The van der Waals surface area contributed by atoms with Gasteiger partial charge >= 0.3 is 0 Å². The SMILES string of the molecule is O=C1CC(C(=O)N2CCc3ccccc32)CN1c1ccc(Cl)cc1Cl. The van der Waals surface area contributed by atoms with Crippen LogP contribution in [0.5, 0.6) is 0 Å². The molecule has 1 saturated heterocycles. The Morgan fingerprint density at radius 1 is 1.08 bits per heavy atom. The summed E-state index contributed by atoms with van der Waals surface area (Å²) >= 11 is 12.1. The van der Waals surface area contributed by atoms with Gasteiger partial charge in [-0.2, -0.15) is 0 Å². The molecule has 0 aliphatic carbocycles. The van der Waals surface area contributed by atoms with Crippen LogP contribution in [0.2, 0.25) is 10.0 Å². The molecule has 2 aliphatic heterocycles. The summed E-state index contributed by atoms with van der Waals surface area (Å²) in [6.07, 6.45) is 1.06. The van der Waals surface area contributed by atoms with E-state index in [1.54, 1.807) is 28.0 Å². The Labute approximate surface area is 155 Å². The highest BCUT2D eigenvalue weighted by atomic mass is 35.5. The molecular weight excluding hydrogens is 359 g/mol. The Bertz CT molecular complexity index is 868. The number of amides is 2. The molecule has 4 rings (SSSR count). The molecule has 0 saturated carbocycles. The molecule has 0 aromatic heterocycles. The van der Waals surface area contributed by atoms with Crippen molar-refractivity contribution in [3.63, 3.8) is 0 Å². The van der Waals surface area contributed by atoms with E-state index in [9.17, 15) is 9.59 Å². The number of nitrogens with zero attached hydrogens (tertiary/aromatic N) is 2. The highest BCUT2D eigenvalue weighted by Crippen LogP contribution is 2.35. The topological polar surface area (TPSA) is 40.6 Å². The minimum Gasteiger partial charge on any atom is -0.312 e. The van der Waals surface area contributed by atoms with Crippen LogP contribution >= 0.6 is 23.2 Å². The van der Waals surface area contributed by atoms with Crippen LogP contribution in [-0.2, 0) is 16.0 Å². The van der Waals surface area contributed by atoms with Gasteiger partial charge in [0.2, 0.25) is 11.8 Å². The zero-order chi connectivity index (χ0) is 17.6. The average Bonchev–Trinajstić information content (AvgIpc) is 3.18. The minimum absolute atomic E-state index is 0.00545. The van der Waals surface area contributed by atoms with Gasteiger partial charge < -0.3 is 9.80 Å². The molecule has 1 unspecified atom stereocenters. The Morgan fingerprint density at radius 2 is 1.88 bits per heavy atom. The van der Waals surface area contributed by atoms with Crippen LogP contribution in [0.3, 0.4) is 0 Å². The Hall–Kier alpha value is -2.04. The Balaban J connectivity index is 1.55. The maximum Gasteiger partial charge on any atom is 0.232 e. The van der Waals surface area contributed by atoms with Crippen molar-refractivity contribution < 1.29 is 9.59 Å². The molecule has 1 fully saturated rings. The lowest BCUT2D eigenvalue weighted by atomic mass is 10.1. The molecule has 2 aromatic carbocycles. The van der Waals surface area contributed by atoms with E-state index in [1.165, 1.54) is 5.56 Å². The van der Waals surface area contributed by atoms with E-state index in [-0.39, 0.29) is 24.2 Å². The summed E-state index contributed by atoms with van der Waals surface area (Å²) < 4.78 is 0. The predicted molar refractivity (Wildman–Crippen MR) is 99.4 cm³/mol. The van der Waals surface area contributed by atoms with Crippen molar-refractivity contribution in [1.82, 2.24) is 0 Å². The van der Waals surface area contributed by atoms with E-state index in [1.807, 2.05) is 24.3 Å². The van der Waals surface area contributed by atoms with E-state index < -0.39 is 0 Å². The smallest absolute Gasteiger partial charge is 0.232 e. The fourth-order valence-electron chi connectivity index (χ4n) is 3.59. The molecule has 25 heavy (non-hydrogen) atoms. The fourth-order valence-corrected chi connectivity index (χ4v) is 4.10. The van der Waals surface area contributed by atoms with Crippen molar-refractivity contribution in [2.45, 2.75) is 12.8 Å². The zero-order valence-electron chi connectivity index (χ0n) is 13.4. The van der Waals surface area contributed by atoms with Gasteiger partial charge in [0.1, 0.15) is 0 Å². The largest absolute Gasteiger partial charge is 0.312 e. The van der Waals surface area contributed by atoms with E-state index in [2.05, 4.69) is 0 Å². The number of hydrogen-bond donors (Lipinski definition) is 0. The van der Waals surface area contributed by atoms with Crippen LogP contribution in [0.25, 0.3) is 0 Å². The number of benzene rings is 2. The maximum absolute atomic E-state index is 13.0. The maximum atomic E-state index is 13.0. The number of anilines is 2. The van der Waals surface area contributed by atoms with Crippen LogP contribution in [0.4, 0.5) is 11.4 Å². The van der Waals surface area contributed by atoms with E-state index in [4.69, 9.17) is 23.2 Å². The highest BCUT2D eigenvalue weighted by Gasteiger charge is 2.39. The molecule has 6 heteroatoms. The molecule has 0 radical (unpaired) electrons. The normalized spacial score (nSPS) is 19.4. The van der Waals surface area contributed by atoms with Gasteiger partial charge in [-0.1, -0.05) is 41.4 Å². The summed E-state index contributed by atoms with van der Waals surface area (Å²) in [7, 11) is 0. The van der Waals surface area contributed by atoms with Gasteiger partial charge in [-0.25, -0.2) is 0 Å². The third kappa shape index (κ3) is 2.90. The van der Waals surface area contributed by atoms with Crippen molar-refractivity contribution in [1.29, 1.82) is 0 Å². The van der Waals surface area contributed by atoms with Crippen molar-refractivity contribution in [3.8, 4) is 0 Å². The molecule has 4 nitrogen and oxygen atoms in total. The predicted octanol–water partition coefficient (Wildman–Crippen LogP) is 3.94. The van der Waals surface area contributed by atoms with Gasteiger partial charge in [0, 0.05) is 30.2 Å². The summed E-state index contributed by atoms with van der Waals surface area (Å²) in [6.45, 7) is 1.02. The van der Waals surface area contributed by atoms with Gasteiger partial charge in [0.05, 0.1) is 16.6 Å². The van der Waals surface area contributed by atoms with Gasteiger partial charge in [0.15, 0.2) is 0 Å². The molecule has 0 bridgehead atoms. The van der Waals surface area contributed by atoms with Gasteiger partial charge in [0.25, 0.3) is 0 Å². The van der Waals surface area contributed by atoms with Crippen LogP contribution in [-0.4, -0.2) is 24.9 Å². The van der Waals surface area contributed by atoms with Crippen molar-refractivity contribution in [2.75, 3.05) is 22.9 Å². The number of hydrogen-bond acceptors (Lipinski definition) is 2. The quantitative estimate of drug-likeness (QED) is 0.798. The van der Waals surface area contributed by atoms with Crippen LogP contribution in [0.1, 0.15) is 12.0 Å². The second kappa shape index (κ2) is 6.36. The third-order valence-corrected chi connectivity index (χ3v) is 5.37. The number of para-hydroxylation sites is 1. The minimum atomic E-state index is -0.356. The number of rotatable bonds is 2. The molecule has 128 valence electrons. The van der Waals surface area contributed by atoms with Crippen molar-refractivity contribution >= 4 is 46.4 Å². The van der Waals surface area contributed by atoms with Gasteiger partial charge in [-0.05, 0) is 36.2 Å². The molecule has 0 spiro atoms. The molecular formula is C19H16Cl2N2O2. The van der Waals surface area contributed by atoms with Crippen molar-refractivity contribution in [2.24, 2.45) is 5.92 Å². The van der Waals surface area contributed by atoms with Gasteiger partial charge in [-0.15, -0.1) is 0 Å². The first-order chi connectivity index (χ1) is 12.0. The highest BCUT2D eigenvalue weighted by molar-refractivity contribution is 6.36. The van der Waals surface area contributed by atoms with Gasteiger partial charge in [-0.3, -0.25) is 9.59 Å². The van der Waals surface area contributed by atoms with Crippen LogP contribution < -0.4 is 9.80 Å². The average molecular weight is 375 g/mol. The summed E-state index contributed by atoms with van der Waals surface area (Å²) in [5.41, 5.74) is 2.74. The number of fused-ring (bicyclic) bond motifs is 1. The fraction of sp³-hybridized carbons (Fsp3) is 0.263. The van der Waals surface area contributed by atoms with Crippen LogP contribution in [0, 0.1) is 5.92 Å². The molecule has 1 atom stereocenters. The summed E-state index contributed by atoms with van der Waals surface area (Å²) in [5, 5.41) is 0.933. The summed E-state index contributed by atoms with van der Waals surface area (Å²) in [4.78, 5) is 28.8. The number of halogens is 2. The molecule has 2 heterocycles. The number of carbonyl (C=O) groups excluding carboxylic acids is 2. The summed E-state index contributed by atoms with van der Waals surface area (Å²) in [5.74, 6) is -0.439. The molecule has 2 aromatic rings. The van der Waals surface area contributed by atoms with Crippen molar-refractivity contribution in [3.05, 3.63) is 58.1 Å². The first-order valence-electron chi connectivity index (χ1n) is 8.19. The van der Waals surface area contributed by atoms with Crippen LogP contribution in [0.15, 0.2) is 42.5 Å². The third-order valence-electron chi connectivity index (χ3n) is 4.83. The first-order valence-corrected chi connectivity index (χ1v) is 8.95. The lowest BCUT2D eigenvalue weighted by molar-refractivity contribution is -0.124. The standard InChI is InChI=1S/C19H16Cl2N2O2/c20-14-5-6-17(15(21)10-14)23-11-13(9-18(23)24)19(25)22-8-7-12-3-1-2-4-16(12)22/h1-6,10,13H,7-9,11H2. The first kappa shape index (κ1) is 16.4. The number of carbonyl (C=O) groups is 2. The molecule has 2 aliphatic rings. The van der Waals surface area contributed by atoms with E-state index in [0.717, 1.165) is 12.1 Å². The lowest BCUT2D eigenvalue weighted by Gasteiger charge is -2.22. The summed E-state index contributed by atoms with van der Waals surface area (Å²) in [6, 6.07) is 13.0.